The van der Waals surface area contributed by atoms with Crippen molar-refractivity contribution in [3.8, 4) is 45.0 Å². The van der Waals surface area contributed by atoms with E-state index >= 15 is 0 Å². The minimum Gasteiger partial charge on any atom is -0.309 e. The number of pyridine rings is 2. The molecular formula is C61H40IrN4-2. The molecule has 5 heteroatoms. The number of benzene rings is 8. The summed E-state index contributed by atoms with van der Waals surface area (Å²) in [6.07, 6.45) is 5.50. The Kier molecular flexibility index (Phi) is 9.71. The number of hydrogen-bond acceptors (Lipinski definition) is 2. The zero-order valence-corrected chi connectivity index (χ0v) is 38.2. The van der Waals surface area contributed by atoms with E-state index in [1.807, 2.05) is 54.7 Å². The largest absolute Gasteiger partial charge is 0.309 e. The first-order chi connectivity index (χ1) is 32.2. The average Bonchev–Trinajstić information content (AvgIpc) is 4.11. The molecule has 0 fully saturated rings. The maximum Gasteiger partial charge on any atom is 0.0541 e. The summed E-state index contributed by atoms with van der Waals surface area (Å²) in [5.41, 5.74) is 19.4. The molecule has 0 amide bonds. The van der Waals surface area contributed by atoms with Gasteiger partial charge in [-0.3, -0.25) is 0 Å². The van der Waals surface area contributed by atoms with E-state index in [-0.39, 0.29) is 25.5 Å². The quantitative estimate of drug-likeness (QED) is 0.165. The van der Waals surface area contributed by atoms with Crippen molar-refractivity contribution in [1.29, 1.82) is 0 Å². The van der Waals surface area contributed by atoms with E-state index in [0.29, 0.717) is 0 Å². The molecule has 12 aromatic rings. The minimum absolute atomic E-state index is 0. The van der Waals surface area contributed by atoms with E-state index in [4.69, 9.17) is 0 Å². The third kappa shape index (κ3) is 6.30. The summed E-state index contributed by atoms with van der Waals surface area (Å²) in [6, 6.07) is 80.8. The summed E-state index contributed by atoms with van der Waals surface area (Å²) in [5.74, 6) is 0. The summed E-state index contributed by atoms with van der Waals surface area (Å²) in [6.45, 7) is 0. The van der Waals surface area contributed by atoms with Gasteiger partial charge in [0.05, 0.1) is 22.1 Å². The molecule has 4 nitrogen and oxygen atoms in total. The molecule has 315 valence electrons. The number of fused-ring (bicyclic) bond motifs is 12. The Bertz CT molecular complexity index is 3470. The van der Waals surface area contributed by atoms with Crippen LogP contribution in [0.1, 0.15) is 22.3 Å². The van der Waals surface area contributed by atoms with Gasteiger partial charge in [0, 0.05) is 70.8 Å². The van der Waals surface area contributed by atoms with Crippen molar-refractivity contribution in [2.45, 2.75) is 18.3 Å². The fourth-order valence-corrected chi connectivity index (χ4v) is 10.9. The molecule has 8 aromatic carbocycles. The van der Waals surface area contributed by atoms with Gasteiger partial charge in [-0.2, -0.15) is 0 Å². The number of hydrogen-bond donors (Lipinski definition) is 0. The molecule has 1 radical (unpaired) electrons. The third-order valence-electron chi connectivity index (χ3n) is 13.7. The molecular weight excluding hydrogens is 981 g/mol. The molecule has 2 aliphatic rings. The fraction of sp³-hybridized carbons (Fsp3) is 0.0492. The van der Waals surface area contributed by atoms with Crippen LogP contribution in [0, 0.1) is 12.1 Å². The Morgan fingerprint density at radius 1 is 0.409 bits per heavy atom. The third-order valence-corrected chi connectivity index (χ3v) is 13.7. The molecule has 1 spiro atoms. The number of rotatable bonds is 4. The van der Waals surface area contributed by atoms with E-state index in [1.165, 1.54) is 88.4 Å². The van der Waals surface area contributed by atoms with E-state index in [9.17, 15) is 0 Å². The Morgan fingerprint density at radius 2 is 0.864 bits per heavy atom. The second-order valence-corrected chi connectivity index (χ2v) is 17.2. The van der Waals surface area contributed by atoms with Crippen LogP contribution in [0.5, 0.6) is 0 Å². The second kappa shape index (κ2) is 16.1. The van der Waals surface area contributed by atoms with E-state index in [1.54, 1.807) is 6.20 Å². The minimum atomic E-state index is -0.229. The van der Waals surface area contributed by atoms with Crippen molar-refractivity contribution in [2.75, 3.05) is 0 Å². The smallest absolute Gasteiger partial charge is 0.0541 e. The van der Waals surface area contributed by atoms with Crippen molar-refractivity contribution in [3.05, 3.63) is 253 Å². The normalized spacial score (nSPS) is 13.0. The van der Waals surface area contributed by atoms with Gasteiger partial charge in [-0.25, -0.2) is 0 Å². The summed E-state index contributed by atoms with van der Waals surface area (Å²) in [7, 11) is 0. The van der Waals surface area contributed by atoms with Crippen LogP contribution in [0.25, 0.3) is 88.6 Å². The van der Waals surface area contributed by atoms with Crippen LogP contribution < -0.4 is 0 Å². The fourth-order valence-electron chi connectivity index (χ4n) is 10.9. The first-order valence-electron chi connectivity index (χ1n) is 22.3. The molecule has 4 aromatic heterocycles. The van der Waals surface area contributed by atoms with Crippen LogP contribution in [0.15, 0.2) is 219 Å². The average molecular weight is 1020 g/mol. The zero-order valence-electron chi connectivity index (χ0n) is 35.8. The van der Waals surface area contributed by atoms with Crippen molar-refractivity contribution in [3.63, 3.8) is 0 Å². The molecule has 0 saturated heterocycles. The number of aromatic nitrogens is 4. The molecule has 0 aliphatic heterocycles. The Labute approximate surface area is 396 Å². The van der Waals surface area contributed by atoms with Gasteiger partial charge in [0.2, 0.25) is 0 Å². The van der Waals surface area contributed by atoms with Crippen LogP contribution >= 0.6 is 0 Å². The molecule has 14 rings (SSSR count). The second-order valence-electron chi connectivity index (χ2n) is 17.2. The molecule has 0 bridgehead atoms. The Morgan fingerprint density at radius 3 is 1.33 bits per heavy atom. The SMILES string of the molecule is [Ir].[c-]1cc2c(cc1-c1ccccn1)CC1(C2)c2cc(-n3c4ccccc4c4ccccc43)ccc2-c2ccc(-n3c4ccccc4c4ccccc43)cc21.[c-]1ccccc1-c1ccccn1. The van der Waals surface area contributed by atoms with Crippen molar-refractivity contribution < 1.29 is 20.1 Å². The molecule has 66 heavy (non-hydrogen) atoms. The van der Waals surface area contributed by atoms with Crippen molar-refractivity contribution in [1.82, 2.24) is 19.1 Å². The van der Waals surface area contributed by atoms with E-state index in [2.05, 4.69) is 189 Å². The topological polar surface area (TPSA) is 35.6 Å². The molecule has 0 N–H and O–H groups in total. The standard InChI is InChI=1S/C50H32N3.C11H8N.Ir/c1-5-16-46-39(11-1)40-12-2-6-17-47(40)52(46)35-22-24-37-38-25-23-36(53-48-18-7-3-13-41(48)42-14-4-8-19-49(42)53)29-44(38)50(43(37)28-35)30-33-21-20-32(27-34(33)31-50)45-15-9-10-26-51-45;1-2-6-10(7-3-1)11-8-4-5-9-12-11;/h1-19,21-29H,30-31H2;1-6,8-9H;/q2*-1;. The first-order valence-corrected chi connectivity index (χ1v) is 22.3. The van der Waals surface area contributed by atoms with Gasteiger partial charge in [0.1, 0.15) is 0 Å². The number of para-hydroxylation sites is 4. The van der Waals surface area contributed by atoms with Crippen LogP contribution in [0.4, 0.5) is 0 Å². The molecule has 2 aliphatic carbocycles. The Balaban J connectivity index is 0.000000306. The van der Waals surface area contributed by atoms with Gasteiger partial charge < -0.3 is 19.1 Å². The zero-order chi connectivity index (χ0) is 42.9. The summed E-state index contributed by atoms with van der Waals surface area (Å²) in [4.78, 5) is 8.90. The van der Waals surface area contributed by atoms with Crippen LogP contribution in [0.3, 0.4) is 0 Å². The predicted octanol–water partition coefficient (Wildman–Crippen LogP) is 14.4. The molecule has 0 unspecified atom stereocenters. The molecule has 4 heterocycles. The van der Waals surface area contributed by atoms with Crippen molar-refractivity contribution >= 4 is 43.6 Å². The van der Waals surface area contributed by atoms with Gasteiger partial charge in [-0.15, -0.1) is 70.8 Å². The summed E-state index contributed by atoms with van der Waals surface area (Å²) < 4.78 is 4.92. The predicted molar refractivity (Wildman–Crippen MR) is 266 cm³/mol. The van der Waals surface area contributed by atoms with Crippen LogP contribution in [0.2, 0.25) is 0 Å². The maximum atomic E-state index is 4.68. The Hall–Kier alpha value is -7.69. The van der Waals surface area contributed by atoms with Gasteiger partial charge in [0.25, 0.3) is 0 Å². The maximum absolute atomic E-state index is 4.68. The van der Waals surface area contributed by atoms with Gasteiger partial charge >= 0.3 is 0 Å². The van der Waals surface area contributed by atoms with Crippen LogP contribution in [-0.2, 0) is 38.4 Å². The van der Waals surface area contributed by atoms with E-state index < -0.39 is 0 Å². The number of nitrogens with zero attached hydrogens (tertiary/aromatic N) is 4. The molecule has 0 atom stereocenters. The summed E-state index contributed by atoms with van der Waals surface area (Å²) >= 11 is 0. The monoisotopic (exact) mass is 1020 g/mol. The van der Waals surface area contributed by atoms with Gasteiger partial charge in [-0.1, -0.05) is 109 Å². The van der Waals surface area contributed by atoms with E-state index in [0.717, 1.165) is 35.4 Å². The molecule has 0 saturated carbocycles. The van der Waals surface area contributed by atoms with Crippen molar-refractivity contribution in [2.24, 2.45) is 0 Å². The van der Waals surface area contributed by atoms with Crippen LogP contribution in [-0.4, -0.2) is 19.1 Å². The summed E-state index contributed by atoms with van der Waals surface area (Å²) in [5, 5.41) is 5.12. The van der Waals surface area contributed by atoms with Gasteiger partial charge in [-0.05, 0) is 107 Å². The van der Waals surface area contributed by atoms with Gasteiger partial charge in [0.15, 0.2) is 0 Å². The first kappa shape index (κ1) is 39.9.